The van der Waals surface area contributed by atoms with E-state index in [0.29, 0.717) is 36.2 Å². The number of aromatic nitrogens is 2. The Bertz CT molecular complexity index is 746. The molecule has 1 saturated heterocycles. The molecule has 23 heavy (non-hydrogen) atoms. The molecule has 1 aromatic carbocycles. The van der Waals surface area contributed by atoms with Gasteiger partial charge in [0.05, 0.1) is 18.1 Å². The summed E-state index contributed by atoms with van der Waals surface area (Å²) >= 11 is 6.24. The summed E-state index contributed by atoms with van der Waals surface area (Å²) < 4.78 is 7.38. The van der Waals surface area contributed by atoms with Gasteiger partial charge in [-0.3, -0.25) is 10.1 Å². The quantitative estimate of drug-likeness (QED) is 0.636. The normalized spacial score (nSPS) is 18.2. The molecule has 0 amide bonds. The van der Waals surface area contributed by atoms with Crippen molar-refractivity contribution >= 4 is 23.1 Å². The summed E-state index contributed by atoms with van der Waals surface area (Å²) in [5, 5.41) is 16.2. The molecule has 2 heterocycles. The van der Waals surface area contributed by atoms with Gasteiger partial charge in [-0.1, -0.05) is 29.8 Å². The van der Waals surface area contributed by atoms with Crippen LogP contribution in [0.15, 0.2) is 24.3 Å². The number of nitro groups is 1. The van der Waals surface area contributed by atoms with Gasteiger partial charge in [0.2, 0.25) is 5.82 Å². The average Bonchev–Trinajstić information content (AvgIpc) is 2.82. The SMILES string of the molecule is Cc1nn(C)c(N2CCOC(c3ccccc3Cl)C2)c1[N+](=O)[O-]. The minimum Gasteiger partial charge on any atom is -0.370 e. The standard InChI is InChI=1S/C15H17ClN4O3/c1-10-14(20(21)22)15(18(2)17-10)19-7-8-23-13(9-19)11-5-3-4-6-12(11)16/h3-6,13H,7-9H2,1-2H3. The number of halogens is 1. The molecule has 7 nitrogen and oxygen atoms in total. The van der Waals surface area contributed by atoms with Gasteiger partial charge < -0.3 is 9.64 Å². The molecule has 0 spiro atoms. The first-order valence-electron chi connectivity index (χ1n) is 7.28. The van der Waals surface area contributed by atoms with Crippen LogP contribution in [0.5, 0.6) is 0 Å². The van der Waals surface area contributed by atoms with Crippen LogP contribution in [0.3, 0.4) is 0 Å². The first kappa shape index (κ1) is 15.8. The Balaban J connectivity index is 1.94. The third kappa shape index (κ3) is 2.89. The summed E-state index contributed by atoms with van der Waals surface area (Å²) in [6.07, 6.45) is -0.229. The number of nitrogens with zero attached hydrogens (tertiary/aromatic N) is 4. The Morgan fingerprint density at radius 1 is 1.43 bits per heavy atom. The van der Waals surface area contributed by atoms with E-state index in [2.05, 4.69) is 5.10 Å². The second-order valence-electron chi connectivity index (χ2n) is 5.47. The van der Waals surface area contributed by atoms with Gasteiger partial charge in [0.15, 0.2) is 0 Å². The molecule has 0 saturated carbocycles. The van der Waals surface area contributed by atoms with Crippen molar-refractivity contribution in [3.05, 3.63) is 50.7 Å². The Labute approximate surface area is 138 Å². The van der Waals surface area contributed by atoms with Gasteiger partial charge in [0.1, 0.15) is 11.8 Å². The van der Waals surface area contributed by atoms with E-state index in [1.165, 1.54) is 0 Å². The second-order valence-corrected chi connectivity index (χ2v) is 5.87. The monoisotopic (exact) mass is 336 g/mol. The highest BCUT2D eigenvalue weighted by Gasteiger charge is 2.32. The molecular formula is C15H17ClN4O3. The van der Waals surface area contributed by atoms with Crippen LogP contribution in [-0.2, 0) is 11.8 Å². The lowest BCUT2D eigenvalue weighted by atomic mass is 10.1. The molecule has 0 N–H and O–H groups in total. The smallest absolute Gasteiger partial charge is 0.333 e. The molecule has 0 bridgehead atoms. The summed E-state index contributed by atoms with van der Waals surface area (Å²) in [6, 6.07) is 7.50. The summed E-state index contributed by atoms with van der Waals surface area (Å²) in [4.78, 5) is 12.9. The maximum Gasteiger partial charge on any atom is 0.333 e. The Morgan fingerprint density at radius 3 is 2.87 bits per heavy atom. The predicted octanol–water partition coefficient (Wildman–Crippen LogP) is 2.87. The molecule has 0 radical (unpaired) electrons. The Morgan fingerprint density at radius 2 is 2.17 bits per heavy atom. The van der Waals surface area contributed by atoms with Gasteiger partial charge in [-0.2, -0.15) is 5.10 Å². The summed E-state index contributed by atoms with van der Waals surface area (Å²) in [5.74, 6) is 0.507. The van der Waals surface area contributed by atoms with Crippen molar-refractivity contribution < 1.29 is 9.66 Å². The van der Waals surface area contributed by atoms with E-state index >= 15 is 0 Å². The maximum atomic E-state index is 11.4. The molecule has 1 atom stereocenters. The molecule has 1 aliphatic rings. The van der Waals surface area contributed by atoms with Gasteiger partial charge >= 0.3 is 5.69 Å². The molecule has 2 aromatic rings. The zero-order valence-corrected chi connectivity index (χ0v) is 13.7. The number of hydrogen-bond donors (Lipinski definition) is 0. The number of benzene rings is 1. The highest BCUT2D eigenvalue weighted by atomic mass is 35.5. The fraction of sp³-hybridized carbons (Fsp3) is 0.400. The molecule has 122 valence electrons. The molecular weight excluding hydrogens is 320 g/mol. The molecule has 1 aromatic heterocycles. The van der Waals surface area contributed by atoms with Crippen LogP contribution in [0.1, 0.15) is 17.4 Å². The Hall–Kier alpha value is -2.12. The second kappa shape index (κ2) is 6.17. The van der Waals surface area contributed by atoms with Crippen LogP contribution in [0, 0.1) is 17.0 Å². The number of ether oxygens (including phenoxy) is 1. The minimum absolute atomic E-state index is 0.0484. The van der Waals surface area contributed by atoms with Gasteiger partial charge in [0, 0.05) is 24.2 Å². The van der Waals surface area contributed by atoms with Crippen molar-refractivity contribution in [2.24, 2.45) is 7.05 Å². The van der Waals surface area contributed by atoms with Crippen LogP contribution >= 0.6 is 11.6 Å². The van der Waals surface area contributed by atoms with Crippen LogP contribution in [0.25, 0.3) is 0 Å². The number of hydrogen-bond acceptors (Lipinski definition) is 5. The summed E-state index contributed by atoms with van der Waals surface area (Å²) in [7, 11) is 1.72. The molecule has 0 aliphatic carbocycles. The lowest BCUT2D eigenvalue weighted by Crippen LogP contribution is -2.39. The molecule has 1 fully saturated rings. The number of morpholine rings is 1. The van der Waals surface area contributed by atoms with Crippen LogP contribution in [0.4, 0.5) is 11.5 Å². The van der Waals surface area contributed by atoms with E-state index in [-0.39, 0.29) is 16.7 Å². The van der Waals surface area contributed by atoms with E-state index in [1.54, 1.807) is 18.7 Å². The fourth-order valence-corrected chi connectivity index (χ4v) is 3.23. The lowest BCUT2D eigenvalue weighted by molar-refractivity contribution is -0.384. The van der Waals surface area contributed by atoms with Crippen LogP contribution in [-0.4, -0.2) is 34.4 Å². The number of rotatable bonds is 3. The van der Waals surface area contributed by atoms with E-state index < -0.39 is 0 Å². The maximum absolute atomic E-state index is 11.4. The van der Waals surface area contributed by atoms with Crippen LogP contribution < -0.4 is 4.90 Å². The molecule has 8 heteroatoms. The van der Waals surface area contributed by atoms with Crippen molar-refractivity contribution in [1.29, 1.82) is 0 Å². The van der Waals surface area contributed by atoms with Gasteiger partial charge in [-0.15, -0.1) is 0 Å². The average molecular weight is 337 g/mol. The van der Waals surface area contributed by atoms with Gasteiger partial charge in [-0.25, -0.2) is 4.68 Å². The molecule has 1 aliphatic heterocycles. The first-order chi connectivity index (χ1) is 11.0. The van der Waals surface area contributed by atoms with Gasteiger partial charge in [-0.05, 0) is 13.0 Å². The Kier molecular flexibility index (Phi) is 4.23. The predicted molar refractivity (Wildman–Crippen MR) is 87.0 cm³/mol. The van der Waals surface area contributed by atoms with Crippen molar-refractivity contribution in [3.63, 3.8) is 0 Å². The number of aryl methyl sites for hydroxylation is 2. The lowest BCUT2D eigenvalue weighted by Gasteiger charge is -2.34. The fourth-order valence-electron chi connectivity index (χ4n) is 2.97. The molecule has 1 unspecified atom stereocenters. The topological polar surface area (TPSA) is 73.4 Å². The summed E-state index contributed by atoms with van der Waals surface area (Å²) in [5.41, 5.74) is 1.35. The van der Waals surface area contributed by atoms with Crippen molar-refractivity contribution in [2.45, 2.75) is 13.0 Å². The highest BCUT2D eigenvalue weighted by molar-refractivity contribution is 6.31. The third-order valence-corrected chi connectivity index (χ3v) is 4.31. The van der Waals surface area contributed by atoms with Crippen molar-refractivity contribution in [1.82, 2.24) is 9.78 Å². The van der Waals surface area contributed by atoms with E-state index in [1.807, 2.05) is 29.2 Å². The highest BCUT2D eigenvalue weighted by Crippen LogP contribution is 2.35. The minimum atomic E-state index is -0.377. The van der Waals surface area contributed by atoms with E-state index in [9.17, 15) is 10.1 Å². The van der Waals surface area contributed by atoms with E-state index in [4.69, 9.17) is 16.3 Å². The number of anilines is 1. The van der Waals surface area contributed by atoms with Crippen LogP contribution in [0.2, 0.25) is 5.02 Å². The van der Waals surface area contributed by atoms with Crippen molar-refractivity contribution in [3.8, 4) is 0 Å². The van der Waals surface area contributed by atoms with Crippen molar-refractivity contribution in [2.75, 3.05) is 24.6 Å². The summed E-state index contributed by atoms with van der Waals surface area (Å²) in [6.45, 7) is 3.18. The zero-order chi connectivity index (χ0) is 16.6. The molecule has 3 rings (SSSR count). The van der Waals surface area contributed by atoms with Gasteiger partial charge in [0.25, 0.3) is 0 Å². The zero-order valence-electron chi connectivity index (χ0n) is 12.9. The van der Waals surface area contributed by atoms with E-state index in [0.717, 1.165) is 5.56 Å². The first-order valence-corrected chi connectivity index (χ1v) is 7.65. The third-order valence-electron chi connectivity index (χ3n) is 3.96. The largest absolute Gasteiger partial charge is 0.370 e.